The first kappa shape index (κ1) is 29.6. The summed E-state index contributed by atoms with van der Waals surface area (Å²) in [6, 6.07) is 0. The van der Waals surface area contributed by atoms with Crippen molar-refractivity contribution in [3.8, 4) is 0 Å². The summed E-state index contributed by atoms with van der Waals surface area (Å²) in [5.74, 6) is 3.72. The summed E-state index contributed by atoms with van der Waals surface area (Å²) < 4.78 is 0. The maximum absolute atomic E-state index is 2.31. The van der Waals surface area contributed by atoms with E-state index in [9.17, 15) is 0 Å². The van der Waals surface area contributed by atoms with Gasteiger partial charge in [-0.05, 0) is 0 Å². The molecule has 0 saturated carbocycles. The molecule has 20 heavy (non-hydrogen) atoms. The molecular weight excluding hydrogens is 317 g/mol. The summed E-state index contributed by atoms with van der Waals surface area (Å²) in [6.45, 7) is 18.5. The summed E-state index contributed by atoms with van der Waals surface area (Å²) in [7, 11) is 0. The molecule has 120 valence electrons. The van der Waals surface area contributed by atoms with E-state index in [4.69, 9.17) is 0 Å². The van der Waals surface area contributed by atoms with Crippen LogP contribution in [0.15, 0.2) is 0 Å². The molecule has 0 nitrogen and oxygen atoms in total. The average Bonchev–Trinajstić information content (AvgIpc) is 2.15. The molecule has 0 spiro atoms. The predicted molar refractivity (Wildman–Crippen MR) is 90.1 cm³/mol. The molecule has 0 aliphatic heterocycles. The standard InChI is InChI=1S/4C4H9.2Al.2ClH/c4*1-4(2)3;;;;/h4*4H,1H2,2-3H3;;;2*1H/q;;;;2*+1;;/p-2. The molecule has 0 aromatic carbocycles. The van der Waals surface area contributed by atoms with E-state index in [1.165, 1.54) is 21.1 Å². The number of rotatable bonds is 8. The maximum atomic E-state index is 2.31. The molecule has 0 heterocycles. The van der Waals surface area contributed by atoms with Gasteiger partial charge in [-0.25, -0.2) is 0 Å². The van der Waals surface area contributed by atoms with Crippen LogP contribution in [0.2, 0.25) is 21.1 Å². The Hall–Kier alpha value is 1.64. The van der Waals surface area contributed by atoms with Crippen molar-refractivity contribution in [2.24, 2.45) is 23.7 Å². The molecule has 0 rings (SSSR count). The molecule has 0 N–H and O–H groups in total. The first-order chi connectivity index (χ1) is 8.25. The fraction of sp³-hybridized carbons (Fsp3) is 1.00. The Labute approximate surface area is 154 Å². The van der Waals surface area contributed by atoms with Gasteiger partial charge in [-0.2, -0.15) is 0 Å². The van der Waals surface area contributed by atoms with Gasteiger partial charge in [-0.15, -0.1) is 0 Å². The van der Waals surface area contributed by atoms with E-state index in [1.807, 2.05) is 0 Å². The molecule has 0 radical (unpaired) electrons. The van der Waals surface area contributed by atoms with Crippen molar-refractivity contribution in [1.82, 2.24) is 0 Å². The van der Waals surface area contributed by atoms with Crippen LogP contribution in [-0.2, 0) is 0 Å². The van der Waals surface area contributed by atoms with Gasteiger partial charge in [0.1, 0.15) is 0 Å². The molecule has 0 amide bonds. The van der Waals surface area contributed by atoms with Gasteiger partial charge in [0.05, 0.1) is 0 Å². The monoisotopic (exact) mass is 352 g/mol. The molecule has 0 unspecified atom stereocenters. The van der Waals surface area contributed by atoms with Crippen LogP contribution in [-0.4, -0.2) is 30.4 Å². The van der Waals surface area contributed by atoms with Gasteiger partial charge < -0.3 is 24.8 Å². The smallest absolute Gasteiger partial charge is 1.00 e. The van der Waals surface area contributed by atoms with E-state index >= 15 is 0 Å². The molecular formula is C16H36Al2Cl2. The largest absolute Gasteiger partial charge is 1.00 e. The SMILES string of the molecule is CC(C)[CH2][Al+][CH2]C(C)C.CC(C)[CH2][Al+][CH2]C(C)C.[Cl-].[Cl-]. The third-order valence-electron chi connectivity index (χ3n) is 2.55. The second kappa shape index (κ2) is 20.6. The molecule has 0 aliphatic carbocycles. The van der Waals surface area contributed by atoms with E-state index in [0.29, 0.717) is 0 Å². The van der Waals surface area contributed by atoms with Gasteiger partial charge in [0.15, 0.2) is 0 Å². The Morgan fingerprint density at radius 1 is 0.450 bits per heavy atom. The zero-order valence-corrected chi connectivity index (χ0v) is 18.9. The van der Waals surface area contributed by atoms with Crippen LogP contribution in [0.5, 0.6) is 0 Å². The molecule has 0 saturated heterocycles. The average molecular weight is 353 g/mol. The van der Waals surface area contributed by atoms with Crippen molar-refractivity contribution in [2.75, 3.05) is 0 Å². The van der Waals surface area contributed by atoms with E-state index in [2.05, 4.69) is 55.4 Å². The number of halogens is 2. The van der Waals surface area contributed by atoms with Gasteiger partial charge in [0.25, 0.3) is 0 Å². The Morgan fingerprint density at radius 2 is 0.600 bits per heavy atom. The van der Waals surface area contributed by atoms with Crippen LogP contribution in [0, 0.1) is 23.7 Å². The summed E-state index contributed by atoms with van der Waals surface area (Å²) in [4.78, 5) is 0. The maximum Gasteiger partial charge on any atom is -1.00 e. The van der Waals surface area contributed by atoms with Crippen LogP contribution >= 0.6 is 0 Å². The molecule has 0 aromatic heterocycles. The quantitative estimate of drug-likeness (QED) is 0.525. The fourth-order valence-electron chi connectivity index (χ4n) is 1.53. The normalized spacial score (nSPS) is 9.40. The zero-order chi connectivity index (χ0) is 14.6. The van der Waals surface area contributed by atoms with Crippen molar-refractivity contribution in [2.45, 2.75) is 76.5 Å². The molecule has 0 atom stereocenters. The van der Waals surface area contributed by atoms with Gasteiger partial charge in [0, 0.05) is 0 Å². The first-order valence-corrected chi connectivity index (χ1v) is 11.2. The third-order valence-corrected chi connectivity index (χ3v) is 7.66. The van der Waals surface area contributed by atoms with Crippen LogP contribution < -0.4 is 24.8 Å². The van der Waals surface area contributed by atoms with Gasteiger partial charge in [0.2, 0.25) is 0 Å². The van der Waals surface area contributed by atoms with Crippen molar-refractivity contribution in [3.05, 3.63) is 0 Å². The summed E-state index contributed by atoms with van der Waals surface area (Å²) in [6.07, 6.45) is 0. The fourth-order valence-corrected chi connectivity index (χ4v) is 4.58. The second-order valence-electron chi connectivity index (χ2n) is 7.10. The number of hydrogen-bond donors (Lipinski definition) is 0. The first-order valence-electron chi connectivity index (χ1n) is 7.88. The minimum atomic E-state index is 0. The second-order valence-corrected chi connectivity index (χ2v) is 10.1. The van der Waals surface area contributed by atoms with Crippen LogP contribution in [0.1, 0.15) is 55.4 Å². The van der Waals surface area contributed by atoms with E-state index in [-0.39, 0.29) is 24.8 Å². The molecule has 4 heteroatoms. The minimum absolute atomic E-state index is 0. The van der Waals surface area contributed by atoms with Gasteiger partial charge in [-0.1, -0.05) is 0 Å². The molecule has 0 aliphatic rings. The van der Waals surface area contributed by atoms with Crippen LogP contribution in [0.3, 0.4) is 0 Å². The molecule has 0 aromatic rings. The van der Waals surface area contributed by atoms with Crippen molar-refractivity contribution in [1.29, 1.82) is 0 Å². The van der Waals surface area contributed by atoms with Crippen molar-refractivity contribution < 1.29 is 24.8 Å². The van der Waals surface area contributed by atoms with E-state index in [0.717, 1.165) is 54.1 Å². The Morgan fingerprint density at radius 3 is 0.700 bits per heavy atom. The Balaban J connectivity index is -0.000000116. The van der Waals surface area contributed by atoms with Gasteiger partial charge >= 0.3 is 131 Å². The predicted octanol–water partition coefficient (Wildman–Crippen LogP) is -0.314. The van der Waals surface area contributed by atoms with Gasteiger partial charge in [-0.3, -0.25) is 0 Å². The third kappa shape index (κ3) is 36.7. The van der Waals surface area contributed by atoms with Crippen LogP contribution in [0.25, 0.3) is 0 Å². The molecule has 0 fully saturated rings. The summed E-state index contributed by atoms with van der Waals surface area (Å²) >= 11 is 1.51. The number of hydrogen-bond acceptors (Lipinski definition) is 0. The van der Waals surface area contributed by atoms with Crippen molar-refractivity contribution >= 4 is 30.4 Å². The zero-order valence-electron chi connectivity index (χ0n) is 15.0. The van der Waals surface area contributed by atoms with Crippen LogP contribution in [0.4, 0.5) is 0 Å². The van der Waals surface area contributed by atoms with Crippen molar-refractivity contribution in [3.63, 3.8) is 0 Å². The summed E-state index contributed by atoms with van der Waals surface area (Å²) in [5, 5.41) is 5.94. The van der Waals surface area contributed by atoms with E-state index in [1.54, 1.807) is 0 Å². The minimum Gasteiger partial charge on any atom is -1.00 e. The topological polar surface area (TPSA) is 0 Å². The summed E-state index contributed by atoms with van der Waals surface area (Å²) in [5.41, 5.74) is 0. The Kier molecular flexibility index (Phi) is 30.6. The Bertz CT molecular complexity index is 127. The van der Waals surface area contributed by atoms with E-state index < -0.39 is 0 Å². The molecule has 0 bridgehead atoms.